The molecule has 230 valence electrons. The van der Waals surface area contributed by atoms with E-state index in [-0.39, 0.29) is 17.2 Å². The van der Waals surface area contributed by atoms with Crippen LogP contribution in [0.2, 0.25) is 12.1 Å². The van der Waals surface area contributed by atoms with Gasteiger partial charge in [-0.05, 0) is 67.0 Å². The Morgan fingerprint density at radius 1 is 0.775 bits per heavy atom. The zero-order valence-electron chi connectivity index (χ0n) is 25.0. The summed E-state index contributed by atoms with van der Waals surface area (Å²) in [7, 11) is -5.51. The molecule has 0 saturated carbocycles. The van der Waals surface area contributed by atoms with Gasteiger partial charge in [-0.15, -0.1) is 0 Å². The fourth-order valence-corrected chi connectivity index (χ4v) is 9.51. The van der Waals surface area contributed by atoms with Crippen LogP contribution in [0.4, 0.5) is 5.69 Å². The first kappa shape index (κ1) is 36.3. The van der Waals surface area contributed by atoms with Gasteiger partial charge >= 0.3 is 17.6 Å². The van der Waals surface area contributed by atoms with Crippen LogP contribution < -0.4 is 10.6 Å². The molecule has 1 amide bonds. The minimum atomic E-state index is -2.79. The summed E-state index contributed by atoms with van der Waals surface area (Å²) in [5, 5.41) is 17.8. The molecule has 0 fully saturated rings. The molecule has 12 nitrogen and oxygen atoms in total. The number of carbonyl (C=O) groups excluding carboxylic acids is 1. The minimum Gasteiger partial charge on any atom is -0.374 e. The van der Waals surface area contributed by atoms with Crippen molar-refractivity contribution in [1.82, 2.24) is 10.6 Å². The maximum absolute atomic E-state index is 12.7. The van der Waals surface area contributed by atoms with E-state index in [1.165, 1.54) is 6.07 Å². The Morgan fingerprint density at radius 3 is 1.65 bits per heavy atom. The molecule has 0 spiro atoms. The molecule has 14 heteroatoms. The van der Waals surface area contributed by atoms with E-state index in [9.17, 15) is 14.9 Å². The van der Waals surface area contributed by atoms with E-state index < -0.39 is 22.5 Å². The van der Waals surface area contributed by atoms with Crippen LogP contribution in [-0.2, 0) is 33.1 Å². The van der Waals surface area contributed by atoms with Crippen molar-refractivity contribution < 1.29 is 36.3 Å². The maximum atomic E-state index is 12.7. The Labute approximate surface area is 241 Å². The van der Waals surface area contributed by atoms with E-state index in [0.717, 1.165) is 6.42 Å². The molecule has 1 rings (SSSR count). The molecule has 2 N–H and O–H groups in total. The van der Waals surface area contributed by atoms with Gasteiger partial charge in [0.1, 0.15) is 0 Å². The van der Waals surface area contributed by atoms with E-state index in [1.54, 1.807) is 12.1 Å². The first-order valence-electron chi connectivity index (χ1n) is 14.4. The fourth-order valence-electron chi connectivity index (χ4n) is 4.29. The molecule has 0 aliphatic carbocycles. The number of nitro benzene ring substituents is 1. The molecule has 1 aromatic carbocycles. The Kier molecular flexibility index (Phi) is 18.3. The molecule has 0 saturated heterocycles. The van der Waals surface area contributed by atoms with Gasteiger partial charge in [0.2, 0.25) is 0 Å². The molecule has 0 aliphatic rings. The Morgan fingerprint density at radius 2 is 1.23 bits per heavy atom. The van der Waals surface area contributed by atoms with Crippen LogP contribution in [-0.4, -0.2) is 81.2 Å². The highest BCUT2D eigenvalue weighted by molar-refractivity contribution is 6.61. The highest BCUT2D eigenvalue weighted by Gasteiger charge is 2.40. The van der Waals surface area contributed by atoms with Crippen LogP contribution in [0.15, 0.2) is 18.2 Å². The molecule has 0 aliphatic heterocycles. The number of hydrogen-bond acceptors (Lipinski definition) is 10. The van der Waals surface area contributed by atoms with Crippen molar-refractivity contribution in [2.24, 2.45) is 0 Å². The lowest BCUT2D eigenvalue weighted by atomic mass is 10.1. The van der Waals surface area contributed by atoms with Gasteiger partial charge in [0.25, 0.3) is 11.6 Å². The zero-order chi connectivity index (χ0) is 29.9. The highest BCUT2D eigenvalue weighted by atomic mass is 28.4. The zero-order valence-corrected chi connectivity index (χ0v) is 27.0. The lowest BCUT2D eigenvalue weighted by molar-refractivity contribution is -0.385. The number of nitro groups is 1. The molecule has 0 radical (unpaired) electrons. The van der Waals surface area contributed by atoms with Crippen LogP contribution >= 0.6 is 0 Å². The number of nitrogens with one attached hydrogen (secondary N) is 2. The average molecular weight is 604 g/mol. The van der Waals surface area contributed by atoms with E-state index >= 15 is 0 Å². The van der Waals surface area contributed by atoms with Gasteiger partial charge in [-0.25, -0.2) is 0 Å². The lowest BCUT2D eigenvalue weighted by Gasteiger charge is -2.28. The van der Waals surface area contributed by atoms with Crippen LogP contribution in [0, 0.1) is 10.1 Å². The molecule has 0 heterocycles. The van der Waals surface area contributed by atoms with Gasteiger partial charge in [-0.1, -0.05) is 6.07 Å². The summed E-state index contributed by atoms with van der Waals surface area (Å²) >= 11 is 0. The van der Waals surface area contributed by atoms with E-state index in [4.69, 9.17) is 26.6 Å². The van der Waals surface area contributed by atoms with Gasteiger partial charge < -0.3 is 37.2 Å². The summed E-state index contributed by atoms with van der Waals surface area (Å²) in [5.41, 5.74) is 0.641. The van der Waals surface area contributed by atoms with Crippen molar-refractivity contribution in [2.45, 2.75) is 73.0 Å². The standard InChI is InChI=1S/C26H49N3O9Si2/c1-7-33-39(34-8-2,35-9-3)19-13-17-27-22-24-16-15-23(21-25(24)29(31)32)26(30)28-18-14-20-40(36-10-4,37-11-5)38-12-6/h15-16,21,27H,7-14,17-20,22H2,1-6H3,(H,28,30). The fraction of sp³-hybridized carbons (Fsp3) is 0.731. The summed E-state index contributed by atoms with van der Waals surface area (Å²) in [4.78, 5) is 24.0. The molecule has 0 bridgehead atoms. The smallest absolute Gasteiger partial charge is 0.374 e. The molecular formula is C26H49N3O9Si2. The van der Waals surface area contributed by atoms with Crippen molar-refractivity contribution in [3.05, 3.63) is 39.4 Å². The van der Waals surface area contributed by atoms with Crippen molar-refractivity contribution in [2.75, 3.05) is 52.7 Å². The average Bonchev–Trinajstić information content (AvgIpc) is 2.91. The molecule has 40 heavy (non-hydrogen) atoms. The Hall–Kier alpha value is -1.76. The number of hydrogen-bond donors (Lipinski definition) is 2. The second kappa shape index (κ2) is 20.2. The molecular weight excluding hydrogens is 554 g/mol. The van der Waals surface area contributed by atoms with Gasteiger partial charge in [-0.2, -0.15) is 0 Å². The third-order valence-electron chi connectivity index (χ3n) is 5.83. The van der Waals surface area contributed by atoms with E-state index in [1.807, 2.05) is 41.5 Å². The Balaban J connectivity index is 2.69. The second-order valence-electron chi connectivity index (χ2n) is 8.70. The summed E-state index contributed by atoms with van der Waals surface area (Å²) in [6, 6.07) is 5.77. The molecule has 1 aromatic rings. The van der Waals surface area contributed by atoms with Gasteiger partial charge in [-0.3, -0.25) is 14.9 Å². The van der Waals surface area contributed by atoms with E-state index in [2.05, 4.69) is 10.6 Å². The van der Waals surface area contributed by atoms with Crippen LogP contribution in [0.5, 0.6) is 0 Å². The lowest BCUT2D eigenvalue weighted by Crippen LogP contribution is -2.46. The minimum absolute atomic E-state index is 0.0997. The quantitative estimate of drug-likeness (QED) is 0.0761. The van der Waals surface area contributed by atoms with Gasteiger partial charge in [0.15, 0.2) is 0 Å². The summed E-state index contributed by atoms with van der Waals surface area (Å²) < 4.78 is 35.1. The predicted octanol–water partition coefficient (Wildman–Crippen LogP) is 4.29. The van der Waals surface area contributed by atoms with Crippen LogP contribution in [0.3, 0.4) is 0 Å². The van der Waals surface area contributed by atoms with Crippen molar-refractivity contribution in [3.63, 3.8) is 0 Å². The Bertz CT molecular complexity index is 846. The predicted molar refractivity (Wildman–Crippen MR) is 157 cm³/mol. The second-order valence-corrected chi connectivity index (χ2v) is 14.2. The van der Waals surface area contributed by atoms with Crippen molar-refractivity contribution >= 4 is 29.2 Å². The molecule has 0 unspecified atom stereocenters. The number of carbonyl (C=O) groups is 1. The van der Waals surface area contributed by atoms with E-state index in [0.29, 0.717) is 83.3 Å². The third kappa shape index (κ3) is 12.4. The molecule has 0 aromatic heterocycles. The van der Waals surface area contributed by atoms with Crippen molar-refractivity contribution in [3.8, 4) is 0 Å². The van der Waals surface area contributed by atoms with Crippen LogP contribution in [0.25, 0.3) is 0 Å². The monoisotopic (exact) mass is 603 g/mol. The highest BCUT2D eigenvalue weighted by Crippen LogP contribution is 2.22. The summed E-state index contributed by atoms with van der Waals surface area (Å²) in [6.45, 7) is 15.7. The largest absolute Gasteiger partial charge is 0.500 e. The van der Waals surface area contributed by atoms with Gasteiger partial charge in [0.05, 0.1) is 4.92 Å². The van der Waals surface area contributed by atoms with Crippen molar-refractivity contribution in [1.29, 1.82) is 0 Å². The first-order valence-corrected chi connectivity index (χ1v) is 18.2. The number of amides is 1. The first-order chi connectivity index (χ1) is 19.3. The summed E-state index contributed by atoms with van der Waals surface area (Å²) in [5.74, 6) is -0.372. The summed E-state index contributed by atoms with van der Waals surface area (Å²) in [6.07, 6.45) is 1.34. The number of nitrogens with zero attached hydrogens (tertiary/aromatic N) is 1. The number of benzene rings is 1. The number of rotatable bonds is 24. The third-order valence-corrected chi connectivity index (χ3v) is 12.1. The maximum Gasteiger partial charge on any atom is 0.500 e. The topological polar surface area (TPSA) is 140 Å². The SMILES string of the molecule is CCO[Si](CCCNCc1ccc(C(=O)NCCC[Si](OCC)(OCC)OCC)cc1[N+](=O)[O-])(OCC)OCC. The normalized spacial score (nSPS) is 12.1. The van der Waals surface area contributed by atoms with Gasteiger partial charge in [0, 0.05) is 82.0 Å². The van der Waals surface area contributed by atoms with Crippen LogP contribution in [0.1, 0.15) is 70.3 Å². The molecule has 0 atom stereocenters.